The topological polar surface area (TPSA) is 58.2 Å². The van der Waals surface area contributed by atoms with Gasteiger partial charge in [0.05, 0.1) is 0 Å². The summed E-state index contributed by atoms with van der Waals surface area (Å²) < 4.78 is 0. The van der Waals surface area contributed by atoms with Crippen LogP contribution in [-0.4, -0.2) is 24.9 Å². The lowest BCUT2D eigenvalue weighted by Gasteiger charge is -2.04. The number of nitrogens with one attached hydrogen (secondary N) is 2. The first kappa shape index (κ1) is 22.1. The molecule has 2 heterocycles. The Bertz CT molecular complexity index is 670. The first-order valence-corrected chi connectivity index (χ1v) is 11.5. The van der Waals surface area contributed by atoms with Gasteiger partial charge >= 0.3 is 0 Å². The van der Waals surface area contributed by atoms with Gasteiger partial charge in [-0.1, -0.05) is 37.8 Å². The van der Waals surface area contributed by atoms with E-state index in [1.807, 2.05) is 47.2 Å². The van der Waals surface area contributed by atoms with Gasteiger partial charge in [0.2, 0.25) is 11.8 Å². The lowest BCUT2D eigenvalue weighted by molar-refractivity contribution is -0.117. The van der Waals surface area contributed by atoms with Crippen LogP contribution in [0.25, 0.3) is 12.2 Å². The lowest BCUT2D eigenvalue weighted by atomic mass is 10.1. The fourth-order valence-corrected chi connectivity index (χ4v) is 3.82. The molecule has 0 aliphatic rings. The molecule has 0 aliphatic heterocycles. The van der Waals surface area contributed by atoms with E-state index in [1.165, 1.54) is 0 Å². The molecule has 0 radical (unpaired) electrons. The number of unbranched alkanes of at least 4 members (excludes halogenated alkanes) is 5. The first-order valence-electron chi connectivity index (χ1n) is 9.73. The highest BCUT2D eigenvalue weighted by Gasteiger charge is 1.97. The van der Waals surface area contributed by atoms with Crippen LogP contribution in [0.3, 0.4) is 0 Å². The first-order chi connectivity index (χ1) is 13.7. The number of hydrogen-bond donors (Lipinski definition) is 2. The van der Waals surface area contributed by atoms with Gasteiger partial charge in [0.1, 0.15) is 0 Å². The van der Waals surface area contributed by atoms with Crippen LogP contribution >= 0.6 is 22.7 Å². The quantitative estimate of drug-likeness (QED) is 0.352. The zero-order valence-electron chi connectivity index (χ0n) is 16.1. The van der Waals surface area contributed by atoms with Crippen molar-refractivity contribution in [1.29, 1.82) is 0 Å². The standard InChI is InChI=1S/C22H28N2O2S2/c25-21(13-11-19-9-7-17-27-19)23-15-5-3-1-2-4-6-16-24-22(26)14-12-20-10-8-18-28-20/h7-14,17-18H,1-6,15-16H2,(H,23,25)(H,24,26)/b13-11+,14-12+. The summed E-state index contributed by atoms with van der Waals surface area (Å²) in [5.74, 6) is -0.0606. The summed E-state index contributed by atoms with van der Waals surface area (Å²) in [7, 11) is 0. The molecule has 150 valence electrons. The maximum atomic E-state index is 11.7. The number of thiophene rings is 2. The molecule has 28 heavy (non-hydrogen) atoms. The predicted octanol–water partition coefficient (Wildman–Crippen LogP) is 5.11. The molecule has 0 atom stereocenters. The van der Waals surface area contributed by atoms with Crippen molar-refractivity contribution < 1.29 is 9.59 Å². The minimum atomic E-state index is -0.0303. The van der Waals surface area contributed by atoms with Gasteiger partial charge < -0.3 is 10.6 Å². The molecule has 4 nitrogen and oxygen atoms in total. The number of carbonyl (C=O) groups excluding carboxylic acids is 2. The minimum Gasteiger partial charge on any atom is -0.353 e. The zero-order valence-corrected chi connectivity index (χ0v) is 17.7. The maximum absolute atomic E-state index is 11.7. The van der Waals surface area contributed by atoms with Crippen LogP contribution in [-0.2, 0) is 9.59 Å². The van der Waals surface area contributed by atoms with Crippen LogP contribution in [0.2, 0.25) is 0 Å². The molecule has 2 rings (SSSR count). The zero-order chi connectivity index (χ0) is 19.9. The summed E-state index contributed by atoms with van der Waals surface area (Å²) in [5, 5.41) is 9.82. The van der Waals surface area contributed by atoms with Crippen molar-refractivity contribution in [3.05, 3.63) is 56.9 Å². The summed E-state index contributed by atoms with van der Waals surface area (Å²) in [4.78, 5) is 25.5. The van der Waals surface area contributed by atoms with Crippen molar-refractivity contribution >= 4 is 46.6 Å². The molecule has 0 bridgehead atoms. The van der Waals surface area contributed by atoms with E-state index in [0.29, 0.717) is 0 Å². The average molecular weight is 417 g/mol. The lowest BCUT2D eigenvalue weighted by Crippen LogP contribution is -2.22. The van der Waals surface area contributed by atoms with Crippen LogP contribution in [0, 0.1) is 0 Å². The third-order valence-electron chi connectivity index (χ3n) is 4.09. The van der Waals surface area contributed by atoms with Gasteiger partial charge in [0, 0.05) is 35.0 Å². The number of rotatable bonds is 13. The second-order valence-electron chi connectivity index (χ2n) is 6.40. The van der Waals surface area contributed by atoms with Gasteiger partial charge in [-0.2, -0.15) is 0 Å². The summed E-state index contributed by atoms with van der Waals surface area (Å²) >= 11 is 3.24. The third kappa shape index (κ3) is 10.2. The van der Waals surface area contributed by atoms with Crippen LogP contribution in [0.5, 0.6) is 0 Å². The maximum Gasteiger partial charge on any atom is 0.244 e. The third-order valence-corrected chi connectivity index (χ3v) is 5.76. The molecule has 6 heteroatoms. The molecule has 0 fully saturated rings. The van der Waals surface area contributed by atoms with Crippen LogP contribution in [0.15, 0.2) is 47.2 Å². The Morgan fingerprint density at radius 3 is 1.54 bits per heavy atom. The van der Waals surface area contributed by atoms with Crippen LogP contribution in [0.4, 0.5) is 0 Å². The van der Waals surface area contributed by atoms with Crippen molar-refractivity contribution in [3.8, 4) is 0 Å². The van der Waals surface area contributed by atoms with Gasteiger partial charge in [-0.05, 0) is 47.9 Å². The Balaban J connectivity index is 1.37. The summed E-state index contributed by atoms with van der Waals surface area (Å²) in [6, 6.07) is 7.92. The Morgan fingerprint density at radius 1 is 0.714 bits per heavy atom. The molecule has 2 aromatic heterocycles. The smallest absolute Gasteiger partial charge is 0.244 e. The molecule has 0 unspecified atom stereocenters. The van der Waals surface area contributed by atoms with Crippen molar-refractivity contribution in [2.75, 3.05) is 13.1 Å². The van der Waals surface area contributed by atoms with E-state index in [4.69, 9.17) is 0 Å². The van der Waals surface area contributed by atoms with Gasteiger partial charge in [-0.25, -0.2) is 0 Å². The fraction of sp³-hybridized carbons (Fsp3) is 0.364. The van der Waals surface area contributed by atoms with E-state index in [-0.39, 0.29) is 11.8 Å². The van der Waals surface area contributed by atoms with Crippen molar-refractivity contribution in [2.45, 2.75) is 38.5 Å². The Labute approximate surface area is 175 Å². The molecule has 2 amide bonds. The van der Waals surface area contributed by atoms with Crippen LogP contribution < -0.4 is 10.6 Å². The molecule has 0 aromatic carbocycles. The van der Waals surface area contributed by atoms with E-state index in [1.54, 1.807) is 34.8 Å². The number of amides is 2. The highest BCUT2D eigenvalue weighted by molar-refractivity contribution is 7.11. The summed E-state index contributed by atoms with van der Waals surface area (Å²) in [6.45, 7) is 1.44. The largest absolute Gasteiger partial charge is 0.353 e. The SMILES string of the molecule is O=C(/C=C/c1cccs1)NCCCCCCCCNC(=O)/C=C/c1cccs1. The molecule has 2 aromatic rings. The monoisotopic (exact) mass is 416 g/mol. The van der Waals surface area contributed by atoms with E-state index < -0.39 is 0 Å². The van der Waals surface area contributed by atoms with Crippen molar-refractivity contribution in [2.24, 2.45) is 0 Å². The van der Waals surface area contributed by atoms with Crippen LogP contribution in [0.1, 0.15) is 48.3 Å². The minimum absolute atomic E-state index is 0.0303. The van der Waals surface area contributed by atoms with Gasteiger partial charge in [0.25, 0.3) is 0 Å². The fourth-order valence-electron chi connectivity index (χ4n) is 2.59. The molecular formula is C22H28N2O2S2. The summed E-state index contributed by atoms with van der Waals surface area (Å²) in [5.41, 5.74) is 0. The predicted molar refractivity (Wildman–Crippen MR) is 120 cm³/mol. The Morgan fingerprint density at radius 2 is 1.14 bits per heavy atom. The number of hydrogen-bond acceptors (Lipinski definition) is 4. The Kier molecular flexibility index (Phi) is 11.0. The van der Waals surface area contributed by atoms with E-state index in [2.05, 4.69) is 10.6 Å². The number of carbonyl (C=O) groups is 2. The molecule has 0 spiro atoms. The van der Waals surface area contributed by atoms with Gasteiger partial charge in [0.15, 0.2) is 0 Å². The molecule has 0 saturated carbocycles. The van der Waals surface area contributed by atoms with Gasteiger partial charge in [-0.15, -0.1) is 22.7 Å². The second-order valence-corrected chi connectivity index (χ2v) is 8.36. The Hall–Kier alpha value is -2.18. The highest BCUT2D eigenvalue weighted by atomic mass is 32.1. The van der Waals surface area contributed by atoms with E-state index >= 15 is 0 Å². The normalized spacial score (nSPS) is 11.3. The van der Waals surface area contributed by atoms with E-state index in [0.717, 1.165) is 61.4 Å². The van der Waals surface area contributed by atoms with Gasteiger partial charge in [-0.3, -0.25) is 9.59 Å². The highest BCUT2D eigenvalue weighted by Crippen LogP contribution is 2.10. The second kappa shape index (κ2) is 13.9. The average Bonchev–Trinajstić information content (AvgIpc) is 3.40. The van der Waals surface area contributed by atoms with Crippen molar-refractivity contribution in [1.82, 2.24) is 10.6 Å². The summed E-state index contributed by atoms with van der Waals surface area (Å²) in [6.07, 6.45) is 13.4. The molecule has 2 N–H and O–H groups in total. The molecule has 0 saturated heterocycles. The molecule has 0 aliphatic carbocycles. The van der Waals surface area contributed by atoms with E-state index in [9.17, 15) is 9.59 Å². The molecular weight excluding hydrogens is 388 g/mol. The van der Waals surface area contributed by atoms with Crippen molar-refractivity contribution in [3.63, 3.8) is 0 Å².